The first-order chi connectivity index (χ1) is 13.8. The van der Waals surface area contributed by atoms with Gasteiger partial charge in [-0.3, -0.25) is 4.99 Å². The lowest BCUT2D eigenvalue weighted by atomic mass is 10.2. The van der Waals surface area contributed by atoms with Crippen LogP contribution in [0.15, 0.2) is 47.6 Å². The zero-order valence-electron chi connectivity index (χ0n) is 16.2. The van der Waals surface area contributed by atoms with Gasteiger partial charge in [0.2, 0.25) is 5.88 Å². The first kappa shape index (κ1) is 18.7. The van der Waals surface area contributed by atoms with Crippen LogP contribution in [0.3, 0.4) is 0 Å². The number of hydrogen-bond donors (Lipinski definition) is 0. The molecule has 2 aliphatic rings. The molecule has 0 radical (unpaired) electrons. The molecule has 1 aromatic carbocycles. The highest BCUT2D eigenvalue weighted by atomic mass is 16.5. The lowest BCUT2D eigenvalue weighted by Crippen LogP contribution is -2.47. The molecule has 7 nitrogen and oxygen atoms in total. The summed E-state index contributed by atoms with van der Waals surface area (Å²) < 4.78 is 17.7. The van der Waals surface area contributed by atoms with Crippen LogP contribution in [-0.4, -0.2) is 80.2 Å². The quantitative estimate of drug-likeness (QED) is 0.697. The van der Waals surface area contributed by atoms with Crippen LogP contribution in [0.1, 0.15) is 5.56 Å². The number of pyridine rings is 1. The van der Waals surface area contributed by atoms with Crippen molar-refractivity contribution in [1.82, 2.24) is 14.8 Å². The van der Waals surface area contributed by atoms with E-state index >= 15 is 0 Å². The second kappa shape index (κ2) is 9.03. The van der Waals surface area contributed by atoms with Gasteiger partial charge in [-0.15, -0.1) is 0 Å². The van der Waals surface area contributed by atoms with Crippen molar-refractivity contribution in [2.45, 2.75) is 0 Å². The fraction of sp³-hybridized carbons (Fsp3) is 0.429. The van der Waals surface area contributed by atoms with Crippen LogP contribution >= 0.6 is 0 Å². The molecule has 0 spiro atoms. The van der Waals surface area contributed by atoms with Crippen molar-refractivity contribution in [2.75, 3.05) is 59.6 Å². The molecule has 0 N–H and O–H groups in total. The summed E-state index contributed by atoms with van der Waals surface area (Å²) in [4.78, 5) is 14.0. The normalized spacial score (nSPS) is 18.9. The zero-order chi connectivity index (χ0) is 19.2. The molecule has 0 saturated carbocycles. The number of aliphatic imine (C=N–C) groups is 1. The zero-order valence-corrected chi connectivity index (χ0v) is 16.2. The van der Waals surface area contributed by atoms with Crippen LogP contribution in [0.25, 0.3) is 0 Å². The number of likely N-dealkylation sites (N-methyl/N-ethyl adjacent to an activating group) is 1. The molecule has 0 aliphatic carbocycles. The van der Waals surface area contributed by atoms with Gasteiger partial charge in [-0.05, 0) is 31.3 Å². The molecule has 0 amide bonds. The van der Waals surface area contributed by atoms with Crippen molar-refractivity contribution in [1.29, 1.82) is 0 Å². The van der Waals surface area contributed by atoms with Gasteiger partial charge in [0, 0.05) is 32.4 Å². The molecule has 148 valence electrons. The third kappa shape index (κ3) is 4.43. The van der Waals surface area contributed by atoms with Gasteiger partial charge in [0.1, 0.15) is 12.4 Å². The fourth-order valence-electron chi connectivity index (χ4n) is 3.30. The monoisotopic (exact) mass is 382 g/mol. The van der Waals surface area contributed by atoms with Crippen molar-refractivity contribution in [3.63, 3.8) is 0 Å². The molecule has 1 aromatic heterocycles. The SMILES string of the molecule is CN1CCN(C2=NCCOCCOc3ccccc3Oc3ncccc32)CC1. The van der Waals surface area contributed by atoms with Gasteiger partial charge in [-0.2, -0.15) is 0 Å². The maximum Gasteiger partial charge on any atom is 0.230 e. The van der Waals surface area contributed by atoms with Crippen molar-refractivity contribution < 1.29 is 14.2 Å². The minimum Gasteiger partial charge on any atom is -0.487 e. The molecule has 2 aromatic rings. The van der Waals surface area contributed by atoms with Crippen LogP contribution in [0.2, 0.25) is 0 Å². The summed E-state index contributed by atoms with van der Waals surface area (Å²) in [5.41, 5.74) is 0.890. The third-order valence-electron chi connectivity index (χ3n) is 4.85. The molecule has 2 aliphatic heterocycles. The van der Waals surface area contributed by atoms with Crippen molar-refractivity contribution >= 4 is 5.84 Å². The molecule has 1 fully saturated rings. The van der Waals surface area contributed by atoms with E-state index in [1.54, 1.807) is 6.20 Å². The van der Waals surface area contributed by atoms with Crippen LogP contribution in [0.4, 0.5) is 0 Å². The highest BCUT2D eigenvalue weighted by molar-refractivity contribution is 6.00. The fourth-order valence-corrected chi connectivity index (χ4v) is 3.30. The summed E-state index contributed by atoms with van der Waals surface area (Å²) in [7, 11) is 2.15. The van der Waals surface area contributed by atoms with Gasteiger partial charge >= 0.3 is 0 Å². The van der Waals surface area contributed by atoms with Gasteiger partial charge in [0.25, 0.3) is 0 Å². The molecule has 0 atom stereocenters. The molecule has 4 rings (SSSR count). The Hall–Kier alpha value is -2.64. The van der Waals surface area contributed by atoms with Gasteiger partial charge < -0.3 is 24.0 Å². The Morgan fingerprint density at radius 2 is 1.71 bits per heavy atom. The number of aromatic nitrogens is 1. The Kier molecular flexibility index (Phi) is 6.04. The Labute approximate surface area is 165 Å². The molecule has 3 heterocycles. The van der Waals surface area contributed by atoms with E-state index in [1.807, 2.05) is 36.4 Å². The highest BCUT2D eigenvalue weighted by Crippen LogP contribution is 2.32. The second-order valence-electron chi connectivity index (χ2n) is 6.86. The summed E-state index contributed by atoms with van der Waals surface area (Å²) in [6.07, 6.45) is 1.74. The van der Waals surface area contributed by atoms with Crippen molar-refractivity contribution in [3.05, 3.63) is 48.2 Å². The minimum absolute atomic E-state index is 0.463. The predicted octanol–water partition coefficient (Wildman–Crippen LogP) is 2.28. The lowest BCUT2D eigenvalue weighted by molar-refractivity contribution is 0.105. The number of rotatable bonds is 0. The van der Waals surface area contributed by atoms with E-state index < -0.39 is 0 Å². The summed E-state index contributed by atoms with van der Waals surface area (Å²) in [6.45, 7) is 5.96. The van der Waals surface area contributed by atoms with E-state index in [0.29, 0.717) is 43.7 Å². The molecule has 1 saturated heterocycles. The summed E-state index contributed by atoms with van der Waals surface area (Å²) in [5.74, 6) is 2.77. The van der Waals surface area contributed by atoms with Crippen molar-refractivity contribution in [2.24, 2.45) is 4.99 Å². The van der Waals surface area contributed by atoms with Gasteiger partial charge in [-0.25, -0.2) is 4.98 Å². The van der Waals surface area contributed by atoms with Crippen LogP contribution in [0, 0.1) is 0 Å². The first-order valence-electron chi connectivity index (χ1n) is 9.72. The topological polar surface area (TPSA) is 59.4 Å². The molecule has 0 bridgehead atoms. The Bertz CT molecular complexity index is 819. The maximum atomic E-state index is 6.20. The van der Waals surface area contributed by atoms with Crippen molar-refractivity contribution in [3.8, 4) is 17.4 Å². The van der Waals surface area contributed by atoms with E-state index in [9.17, 15) is 0 Å². The molecule has 0 unspecified atom stereocenters. The second-order valence-corrected chi connectivity index (χ2v) is 6.86. The largest absolute Gasteiger partial charge is 0.487 e. The number of benzene rings is 1. The smallest absolute Gasteiger partial charge is 0.230 e. The number of hydrogen-bond acceptors (Lipinski definition) is 7. The Morgan fingerprint density at radius 1 is 0.893 bits per heavy atom. The standard InChI is InChI=1S/C21H26N4O3/c1-24-10-12-25(13-11-24)20-17-5-4-8-23-21(17)28-19-7-3-2-6-18(19)27-16-15-26-14-9-22-20/h2-8H,9-16H2,1H3. The minimum atomic E-state index is 0.463. The summed E-state index contributed by atoms with van der Waals surface area (Å²) in [6, 6.07) is 11.6. The number of para-hydroxylation sites is 2. The maximum absolute atomic E-state index is 6.20. The first-order valence-corrected chi connectivity index (χ1v) is 9.72. The van der Waals surface area contributed by atoms with Gasteiger partial charge in [-0.1, -0.05) is 12.1 Å². The number of amidine groups is 1. The number of nitrogens with zero attached hydrogens (tertiary/aromatic N) is 4. The molecular formula is C21H26N4O3. The molecular weight excluding hydrogens is 356 g/mol. The Balaban J connectivity index is 1.71. The van der Waals surface area contributed by atoms with E-state index in [1.165, 1.54) is 0 Å². The third-order valence-corrected chi connectivity index (χ3v) is 4.85. The molecule has 7 heteroatoms. The van der Waals surface area contributed by atoms with E-state index in [-0.39, 0.29) is 0 Å². The van der Waals surface area contributed by atoms with E-state index in [4.69, 9.17) is 19.2 Å². The van der Waals surface area contributed by atoms with E-state index in [0.717, 1.165) is 37.6 Å². The summed E-state index contributed by atoms with van der Waals surface area (Å²) >= 11 is 0. The molecule has 28 heavy (non-hydrogen) atoms. The van der Waals surface area contributed by atoms with Crippen LogP contribution in [0.5, 0.6) is 17.4 Å². The number of piperazine rings is 1. The number of ether oxygens (including phenoxy) is 3. The predicted molar refractivity (Wildman–Crippen MR) is 108 cm³/mol. The summed E-state index contributed by atoms with van der Waals surface area (Å²) in [5, 5.41) is 0. The van der Waals surface area contributed by atoms with Gasteiger partial charge in [0.15, 0.2) is 11.5 Å². The lowest BCUT2D eigenvalue weighted by Gasteiger charge is -2.35. The van der Waals surface area contributed by atoms with Crippen LogP contribution in [-0.2, 0) is 4.74 Å². The van der Waals surface area contributed by atoms with E-state index in [2.05, 4.69) is 21.8 Å². The Morgan fingerprint density at radius 3 is 2.57 bits per heavy atom. The highest BCUT2D eigenvalue weighted by Gasteiger charge is 2.23. The average molecular weight is 382 g/mol. The van der Waals surface area contributed by atoms with Gasteiger partial charge in [0.05, 0.1) is 25.3 Å². The average Bonchev–Trinajstić information content (AvgIpc) is 2.74. The number of fused-ring (bicyclic) bond motifs is 2. The van der Waals surface area contributed by atoms with Crippen LogP contribution < -0.4 is 9.47 Å².